The van der Waals surface area contributed by atoms with Crippen LogP contribution < -0.4 is 10.6 Å². The lowest BCUT2D eigenvalue weighted by Gasteiger charge is -2.23. The molecule has 2 heterocycles. The number of amides is 1. The predicted molar refractivity (Wildman–Crippen MR) is 82.3 cm³/mol. The van der Waals surface area contributed by atoms with Crippen molar-refractivity contribution in [3.8, 4) is 0 Å². The maximum Gasteiger partial charge on any atom is 0.241 e. The summed E-state index contributed by atoms with van der Waals surface area (Å²) in [6.07, 6.45) is 2.98. The molecule has 1 aromatic rings. The van der Waals surface area contributed by atoms with Crippen molar-refractivity contribution < 1.29 is 4.79 Å². The Bertz CT molecular complexity index is 637. The Hall–Kier alpha value is -0.950. The standard InChI is InChI=1S/C12H12Cl2N4OS/c13-6-5-7(14)10-11(18-20-17-10)9(6)16-12(19)8-3-1-2-4-15-8/h5,8,15H,1-4H2,(H,16,19)/t8-/m1/s1. The summed E-state index contributed by atoms with van der Waals surface area (Å²) >= 11 is 13.3. The van der Waals surface area contributed by atoms with E-state index in [1.54, 1.807) is 6.07 Å². The van der Waals surface area contributed by atoms with Crippen LogP contribution in [0.25, 0.3) is 0 Å². The first-order valence-electron chi connectivity index (χ1n) is 6.31. The van der Waals surface area contributed by atoms with Crippen LogP contribution in [-0.4, -0.2) is 18.5 Å². The van der Waals surface area contributed by atoms with E-state index in [9.17, 15) is 4.79 Å². The molecular formula is C12H12Cl2N4OS. The molecule has 106 valence electrons. The second-order valence-corrected chi connectivity index (χ2v) is 6.01. The summed E-state index contributed by atoms with van der Waals surface area (Å²) in [5.41, 5.74) is 1.59. The fourth-order valence-electron chi connectivity index (χ4n) is 2.28. The molecule has 3 rings (SSSR count). The molecule has 5 nitrogen and oxygen atoms in total. The third-order valence-corrected chi connectivity index (χ3v) is 4.43. The molecule has 1 saturated heterocycles. The van der Waals surface area contributed by atoms with E-state index in [4.69, 9.17) is 23.2 Å². The van der Waals surface area contributed by atoms with Crippen molar-refractivity contribution in [1.82, 2.24) is 5.32 Å². The number of nitrogens with zero attached hydrogens (tertiary/aromatic N) is 2. The summed E-state index contributed by atoms with van der Waals surface area (Å²) in [5.74, 6) is -0.0942. The number of nitrogens with one attached hydrogen (secondary N) is 2. The number of carbonyl (C=O) groups is 1. The van der Waals surface area contributed by atoms with Crippen molar-refractivity contribution in [3.05, 3.63) is 16.1 Å². The van der Waals surface area contributed by atoms with E-state index in [2.05, 4.69) is 19.4 Å². The van der Waals surface area contributed by atoms with E-state index in [0.29, 0.717) is 27.1 Å². The van der Waals surface area contributed by atoms with Crippen LogP contribution in [0.1, 0.15) is 19.3 Å². The van der Waals surface area contributed by atoms with E-state index in [0.717, 1.165) is 37.2 Å². The molecule has 0 radical (unpaired) electrons. The maximum atomic E-state index is 12.3. The second-order valence-electron chi connectivity index (χ2n) is 4.67. The molecule has 2 N–H and O–H groups in total. The molecule has 20 heavy (non-hydrogen) atoms. The fourth-order valence-corrected chi connectivity index (χ4v) is 3.44. The Balaban J connectivity index is 1.86. The average Bonchev–Trinajstić information content (AvgIpc) is 2.94. The van der Waals surface area contributed by atoms with Crippen LogP contribution in [-0.2, 0) is 16.1 Å². The number of hydrogen-bond acceptors (Lipinski definition) is 4. The van der Waals surface area contributed by atoms with Crippen LogP contribution in [0.5, 0.6) is 0 Å². The molecule has 1 aromatic carbocycles. The van der Waals surface area contributed by atoms with Crippen LogP contribution in [0.4, 0.5) is 17.1 Å². The third-order valence-electron chi connectivity index (χ3n) is 3.32. The van der Waals surface area contributed by atoms with Crippen LogP contribution in [0, 0.1) is 0 Å². The lowest BCUT2D eigenvalue weighted by atomic mass is 10.0. The van der Waals surface area contributed by atoms with Crippen LogP contribution in [0.2, 0.25) is 10.0 Å². The van der Waals surface area contributed by atoms with Gasteiger partial charge in [-0.25, -0.2) is 0 Å². The van der Waals surface area contributed by atoms with Crippen molar-refractivity contribution in [1.29, 1.82) is 0 Å². The lowest BCUT2D eigenvalue weighted by Crippen LogP contribution is -2.43. The number of benzene rings is 1. The molecule has 0 aromatic heterocycles. The summed E-state index contributed by atoms with van der Waals surface area (Å²) in [5, 5.41) is 6.86. The summed E-state index contributed by atoms with van der Waals surface area (Å²) in [7, 11) is 0. The topological polar surface area (TPSA) is 65.8 Å². The molecule has 1 fully saturated rings. The van der Waals surface area contributed by atoms with Crippen molar-refractivity contribution in [3.63, 3.8) is 0 Å². The second kappa shape index (κ2) is 5.81. The summed E-state index contributed by atoms with van der Waals surface area (Å²) < 4.78 is 8.28. The molecule has 0 spiro atoms. The van der Waals surface area contributed by atoms with Gasteiger partial charge in [0, 0.05) is 0 Å². The normalized spacial score (nSPS) is 20.4. The Kier molecular flexibility index (Phi) is 4.07. The highest BCUT2D eigenvalue weighted by atomic mass is 35.5. The molecule has 2 aliphatic heterocycles. The first-order chi connectivity index (χ1) is 9.66. The van der Waals surface area contributed by atoms with Crippen molar-refractivity contribution in [2.24, 2.45) is 8.73 Å². The zero-order chi connectivity index (χ0) is 14.1. The largest absolute Gasteiger partial charge is 0.322 e. The molecule has 0 unspecified atom stereocenters. The Morgan fingerprint density at radius 2 is 2.10 bits per heavy atom. The molecule has 2 aliphatic rings. The smallest absolute Gasteiger partial charge is 0.241 e. The van der Waals surface area contributed by atoms with Crippen LogP contribution in [0.15, 0.2) is 14.8 Å². The van der Waals surface area contributed by atoms with Crippen molar-refractivity contribution in [2.45, 2.75) is 25.3 Å². The number of hydrogen-bond donors (Lipinski definition) is 2. The molecule has 1 amide bonds. The number of halogens is 2. The first-order valence-corrected chi connectivity index (χ1v) is 7.80. The molecule has 0 bridgehead atoms. The van der Waals surface area contributed by atoms with E-state index in [-0.39, 0.29) is 11.9 Å². The third kappa shape index (κ3) is 2.61. The Morgan fingerprint density at radius 1 is 1.30 bits per heavy atom. The highest BCUT2D eigenvalue weighted by Crippen LogP contribution is 2.47. The number of carbonyl (C=O) groups excluding carboxylic acids is 1. The quantitative estimate of drug-likeness (QED) is 0.879. The van der Waals surface area contributed by atoms with Gasteiger partial charge >= 0.3 is 0 Å². The van der Waals surface area contributed by atoms with Gasteiger partial charge in [-0.1, -0.05) is 29.6 Å². The number of anilines is 1. The monoisotopic (exact) mass is 330 g/mol. The first kappa shape index (κ1) is 14.0. The van der Waals surface area contributed by atoms with Gasteiger partial charge in [-0.3, -0.25) is 4.79 Å². The Labute approximate surface area is 129 Å². The SMILES string of the molecule is O=C(Nc1c(Cl)cc(Cl)c2c1N=S=N2)[C@H]1CCCCN1. The highest BCUT2D eigenvalue weighted by molar-refractivity contribution is 7.58. The van der Waals surface area contributed by atoms with Gasteiger partial charge < -0.3 is 10.6 Å². The van der Waals surface area contributed by atoms with Gasteiger partial charge in [0.15, 0.2) is 0 Å². The predicted octanol–water partition coefficient (Wildman–Crippen LogP) is 3.80. The summed E-state index contributed by atoms with van der Waals surface area (Å²) in [4.78, 5) is 12.3. The average molecular weight is 331 g/mol. The van der Waals surface area contributed by atoms with Crippen molar-refractivity contribution in [2.75, 3.05) is 11.9 Å². The zero-order valence-corrected chi connectivity index (χ0v) is 12.8. The van der Waals surface area contributed by atoms with E-state index in [1.165, 1.54) is 0 Å². The van der Waals surface area contributed by atoms with Gasteiger partial charge in [0.1, 0.15) is 11.4 Å². The van der Waals surface area contributed by atoms with Gasteiger partial charge in [-0.05, 0) is 25.5 Å². The van der Waals surface area contributed by atoms with Gasteiger partial charge in [0.2, 0.25) is 5.91 Å². The van der Waals surface area contributed by atoms with E-state index in [1.807, 2.05) is 0 Å². The summed E-state index contributed by atoms with van der Waals surface area (Å²) in [6.45, 7) is 0.861. The minimum atomic E-state index is -0.183. The number of piperidine rings is 1. The Morgan fingerprint density at radius 3 is 2.85 bits per heavy atom. The minimum Gasteiger partial charge on any atom is -0.322 e. The van der Waals surface area contributed by atoms with Crippen molar-refractivity contribution >= 4 is 57.5 Å². The zero-order valence-electron chi connectivity index (χ0n) is 10.4. The van der Waals surface area contributed by atoms with Crippen LogP contribution >= 0.6 is 23.2 Å². The number of fused-ring (bicyclic) bond motifs is 1. The van der Waals surface area contributed by atoms with Gasteiger partial charge in [0.05, 0.1) is 33.1 Å². The van der Waals surface area contributed by atoms with Gasteiger partial charge in [-0.2, -0.15) is 8.73 Å². The van der Waals surface area contributed by atoms with E-state index < -0.39 is 0 Å². The highest BCUT2D eigenvalue weighted by Gasteiger charge is 2.25. The molecule has 0 saturated carbocycles. The fraction of sp³-hybridized carbons (Fsp3) is 0.417. The van der Waals surface area contributed by atoms with Crippen LogP contribution in [0.3, 0.4) is 0 Å². The summed E-state index contributed by atoms with van der Waals surface area (Å²) in [6, 6.07) is 1.40. The number of rotatable bonds is 2. The lowest BCUT2D eigenvalue weighted by molar-refractivity contribution is -0.118. The molecule has 8 heteroatoms. The molecular weight excluding hydrogens is 319 g/mol. The maximum absolute atomic E-state index is 12.3. The van der Waals surface area contributed by atoms with Gasteiger partial charge in [-0.15, -0.1) is 0 Å². The minimum absolute atomic E-state index is 0.0942. The molecule has 0 aliphatic carbocycles. The van der Waals surface area contributed by atoms with E-state index >= 15 is 0 Å². The van der Waals surface area contributed by atoms with Gasteiger partial charge in [0.25, 0.3) is 0 Å². The molecule has 1 atom stereocenters.